The maximum Gasteiger partial charge on any atom is 0.0825 e. The van der Waals surface area contributed by atoms with Gasteiger partial charge in [0.05, 0.1) is 12.7 Å². The average Bonchev–Trinajstić information content (AvgIpc) is 2.88. The molecule has 1 heteroatoms. The largest absolute Gasteiger partial charge is 0.373 e. The first-order chi connectivity index (χ1) is 16.3. The van der Waals surface area contributed by atoms with Crippen LogP contribution >= 0.6 is 0 Å². The van der Waals surface area contributed by atoms with Crippen molar-refractivity contribution in [1.82, 2.24) is 0 Å². The van der Waals surface area contributed by atoms with E-state index in [0.717, 1.165) is 24.4 Å². The smallest absolute Gasteiger partial charge is 0.0825 e. The van der Waals surface area contributed by atoms with Crippen LogP contribution in [0.1, 0.15) is 120 Å². The molecule has 2 aromatic rings. The summed E-state index contributed by atoms with van der Waals surface area (Å²) in [6.07, 6.45) is 18.0. The molecule has 2 unspecified atom stereocenters. The Morgan fingerprint density at radius 3 is 1.82 bits per heavy atom. The number of hydrogen-bond donors (Lipinski definition) is 0. The standard InChI is InChI=1S/C32H46O/c1-3-5-6-7-9-26-12-23-32(33-24-26)31-21-19-30(20-22-31)29-17-15-28(16-18-29)27-13-10-25(8-4-2)11-14-27/h15-22,25-27,32H,3-14,23-24H2,1-2H3. The first-order valence-corrected chi connectivity index (χ1v) is 14.1. The topological polar surface area (TPSA) is 9.23 Å². The van der Waals surface area contributed by atoms with Gasteiger partial charge in [-0.15, -0.1) is 0 Å². The number of benzene rings is 2. The zero-order valence-electron chi connectivity index (χ0n) is 21.2. The lowest BCUT2D eigenvalue weighted by Crippen LogP contribution is -2.20. The Kier molecular flexibility index (Phi) is 9.47. The van der Waals surface area contributed by atoms with Gasteiger partial charge in [0.25, 0.3) is 0 Å². The van der Waals surface area contributed by atoms with E-state index in [1.54, 1.807) is 5.56 Å². The molecule has 0 N–H and O–H groups in total. The fraction of sp³-hybridized carbons (Fsp3) is 0.625. The molecule has 0 spiro atoms. The molecule has 4 rings (SSSR count). The lowest BCUT2D eigenvalue weighted by atomic mass is 9.77. The Labute approximate surface area is 203 Å². The van der Waals surface area contributed by atoms with Gasteiger partial charge in [-0.25, -0.2) is 0 Å². The SMILES string of the molecule is CCCCCCC1CCC(c2ccc(-c3ccc(C4CCC(CCC)CC4)cc3)cc2)OC1. The monoisotopic (exact) mass is 446 g/mol. The summed E-state index contributed by atoms with van der Waals surface area (Å²) in [6.45, 7) is 5.56. The third-order valence-electron chi connectivity index (χ3n) is 8.38. The van der Waals surface area contributed by atoms with Crippen LogP contribution in [-0.4, -0.2) is 6.61 Å². The van der Waals surface area contributed by atoms with Gasteiger partial charge in [0.2, 0.25) is 0 Å². The molecule has 0 radical (unpaired) electrons. The Balaban J connectivity index is 1.26. The molecule has 2 aromatic carbocycles. The van der Waals surface area contributed by atoms with Gasteiger partial charge in [-0.05, 0) is 85.0 Å². The molecule has 180 valence electrons. The molecule has 1 aliphatic carbocycles. The van der Waals surface area contributed by atoms with Crippen LogP contribution in [-0.2, 0) is 4.74 Å². The fourth-order valence-electron chi connectivity index (χ4n) is 6.19. The van der Waals surface area contributed by atoms with Crippen LogP contribution in [0.5, 0.6) is 0 Å². The molecule has 1 nitrogen and oxygen atoms in total. The summed E-state index contributed by atoms with van der Waals surface area (Å²) in [7, 11) is 0. The Morgan fingerprint density at radius 1 is 0.606 bits per heavy atom. The van der Waals surface area contributed by atoms with Crippen molar-refractivity contribution in [3.05, 3.63) is 59.7 Å². The van der Waals surface area contributed by atoms with E-state index in [1.165, 1.54) is 100 Å². The lowest BCUT2D eigenvalue weighted by molar-refractivity contribution is -0.0198. The second-order valence-electron chi connectivity index (χ2n) is 10.9. The highest BCUT2D eigenvalue weighted by molar-refractivity contribution is 5.64. The predicted molar refractivity (Wildman–Crippen MR) is 142 cm³/mol. The fourth-order valence-corrected chi connectivity index (χ4v) is 6.19. The Morgan fingerprint density at radius 2 is 1.24 bits per heavy atom. The van der Waals surface area contributed by atoms with E-state index in [0.29, 0.717) is 0 Å². The zero-order chi connectivity index (χ0) is 22.9. The van der Waals surface area contributed by atoms with Crippen LogP contribution in [0.25, 0.3) is 11.1 Å². The maximum absolute atomic E-state index is 6.28. The van der Waals surface area contributed by atoms with E-state index in [2.05, 4.69) is 62.4 Å². The van der Waals surface area contributed by atoms with Crippen molar-refractivity contribution >= 4 is 0 Å². The summed E-state index contributed by atoms with van der Waals surface area (Å²) in [5.41, 5.74) is 5.55. The van der Waals surface area contributed by atoms with Crippen molar-refractivity contribution in [1.29, 1.82) is 0 Å². The van der Waals surface area contributed by atoms with Gasteiger partial charge in [0.15, 0.2) is 0 Å². The van der Waals surface area contributed by atoms with Crippen molar-refractivity contribution < 1.29 is 4.74 Å². The predicted octanol–water partition coefficient (Wildman–Crippen LogP) is 9.87. The van der Waals surface area contributed by atoms with Gasteiger partial charge in [0, 0.05) is 0 Å². The van der Waals surface area contributed by atoms with Crippen molar-refractivity contribution in [2.24, 2.45) is 11.8 Å². The molecule has 1 saturated carbocycles. The number of rotatable bonds is 10. The van der Waals surface area contributed by atoms with Gasteiger partial charge in [0.1, 0.15) is 0 Å². The molecule has 0 aromatic heterocycles. The molecule has 1 aliphatic heterocycles. The molecule has 0 amide bonds. The van der Waals surface area contributed by atoms with E-state index in [1.807, 2.05) is 0 Å². The van der Waals surface area contributed by atoms with Crippen LogP contribution in [0, 0.1) is 11.8 Å². The molecule has 33 heavy (non-hydrogen) atoms. The Bertz CT molecular complexity index is 789. The number of ether oxygens (including phenoxy) is 1. The number of unbranched alkanes of at least 4 members (excludes halogenated alkanes) is 3. The van der Waals surface area contributed by atoms with E-state index in [9.17, 15) is 0 Å². The minimum Gasteiger partial charge on any atom is -0.373 e. The summed E-state index contributed by atoms with van der Waals surface area (Å²) in [5.74, 6) is 2.53. The van der Waals surface area contributed by atoms with Crippen molar-refractivity contribution in [2.75, 3.05) is 6.61 Å². The molecule has 2 atom stereocenters. The normalized spacial score (nSPS) is 25.8. The maximum atomic E-state index is 6.28. The van der Waals surface area contributed by atoms with Crippen molar-refractivity contribution in [3.8, 4) is 11.1 Å². The first kappa shape index (κ1) is 24.5. The summed E-state index contributed by atoms with van der Waals surface area (Å²) >= 11 is 0. The summed E-state index contributed by atoms with van der Waals surface area (Å²) in [4.78, 5) is 0. The summed E-state index contributed by atoms with van der Waals surface area (Å²) in [6, 6.07) is 18.6. The van der Waals surface area contributed by atoms with Gasteiger partial charge in [-0.1, -0.05) is 101 Å². The third kappa shape index (κ3) is 6.95. The van der Waals surface area contributed by atoms with Crippen LogP contribution in [0.3, 0.4) is 0 Å². The molecule has 0 bridgehead atoms. The van der Waals surface area contributed by atoms with Crippen LogP contribution in [0.15, 0.2) is 48.5 Å². The van der Waals surface area contributed by atoms with Gasteiger partial charge >= 0.3 is 0 Å². The van der Waals surface area contributed by atoms with Gasteiger partial charge in [-0.3, -0.25) is 0 Å². The number of hydrogen-bond acceptors (Lipinski definition) is 1. The van der Waals surface area contributed by atoms with Gasteiger partial charge < -0.3 is 4.74 Å². The van der Waals surface area contributed by atoms with Crippen LogP contribution in [0.2, 0.25) is 0 Å². The highest BCUT2D eigenvalue weighted by Gasteiger charge is 2.23. The minimum atomic E-state index is 0.288. The van der Waals surface area contributed by atoms with E-state index in [-0.39, 0.29) is 6.10 Å². The Hall–Kier alpha value is -1.60. The molecular weight excluding hydrogens is 400 g/mol. The zero-order valence-corrected chi connectivity index (χ0v) is 21.2. The van der Waals surface area contributed by atoms with Crippen LogP contribution in [0.4, 0.5) is 0 Å². The second-order valence-corrected chi connectivity index (χ2v) is 10.9. The van der Waals surface area contributed by atoms with Crippen molar-refractivity contribution in [2.45, 2.75) is 109 Å². The quantitative estimate of drug-likeness (QED) is 0.330. The second kappa shape index (κ2) is 12.7. The highest BCUT2D eigenvalue weighted by atomic mass is 16.5. The van der Waals surface area contributed by atoms with Crippen molar-refractivity contribution in [3.63, 3.8) is 0 Å². The summed E-state index contributed by atoms with van der Waals surface area (Å²) < 4.78 is 6.28. The molecular formula is C32H46O. The molecule has 2 fully saturated rings. The minimum absolute atomic E-state index is 0.288. The average molecular weight is 447 g/mol. The molecule has 1 heterocycles. The van der Waals surface area contributed by atoms with Gasteiger partial charge in [-0.2, -0.15) is 0 Å². The van der Waals surface area contributed by atoms with E-state index in [4.69, 9.17) is 4.74 Å². The molecule has 2 aliphatic rings. The van der Waals surface area contributed by atoms with Crippen LogP contribution < -0.4 is 0 Å². The third-order valence-corrected chi connectivity index (χ3v) is 8.38. The first-order valence-electron chi connectivity index (χ1n) is 14.1. The lowest BCUT2D eigenvalue weighted by Gasteiger charge is -2.29. The highest BCUT2D eigenvalue weighted by Crippen LogP contribution is 2.38. The summed E-state index contributed by atoms with van der Waals surface area (Å²) in [5, 5.41) is 0. The van der Waals surface area contributed by atoms with E-state index < -0.39 is 0 Å². The van der Waals surface area contributed by atoms with E-state index >= 15 is 0 Å². The molecule has 1 saturated heterocycles.